The Morgan fingerprint density at radius 3 is 2.73 bits per heavy atom. The first-order valence-electron chi connectivity index (χ1n) is 5.34. The Morgan fingerprint density at radius 2 is 2.20 bits per heavy atom. The molecule has 0 aliphatic carbocycles. The SMILES string of the molecule is CCC(C)(C)NC(C)c1cccnc1Cl. The van der Waals surface area contributed by atoms with Crippen molar-refractivity contribution in [2.45, 2.75) is 45.7 Å². The molecule has 1 atom stereocenters. The molecule has 1 aromatic rings. The second-order valence-corrected chi connectivity index (χ2v) is 4.84. The largest absolute Gasteiger partial charge is 0.305 e. The van der Waals surface area contributed by atoms with Gasteiger partial charge in [0.05, 0.1) is 0 Å². The molecule has 0 saturated heterocycles. The third kappa shape index (κ3) is 3.47. The van der Waals surface area contributed by atoms with Crippen molar-refractivity contribution in [3.8, 4) is 0 Å². The van der Waals surface area contributed by atoms with Gasteiger partial charge in [-0.15, -0.1) is 0 Å². The second-order valence-electron chi connectivity index (χ2n) is 4.49. The lowest BCUT2D eigenvalue weighted by molar-refractivity contribution is 0.337. The fourth-order valence-electron chi connectivity index (χ4n) is 1.49. The summed E-state index contributed by atoms with van der Waals surface area (Å²) >= 11 is 6.04. The van der Waals surface area contributed by atoms with Gasteiger partial charge in [0.25, 0.3) is 0 Å². The maximum atomic E-state index is 6.04. The van der Waals surface area contributed by atoms with Gasteiger partial charge in [-0.3, -0.25) is 0 Å². The number of aromatic nitrogens is 1. The normalized spacial score (nSPS) is 13.9. The molecule has 1 heterocycles. The number of hydrogen-bond acceptors (Lipinski definition) is 2. The molecule has 1 rings (SSSR count). The van der Waals surface area contributed by atoms with E-state index in [1.54, 1.807) is 6.20 Å². The molecule has 0 bridgehead atoms. The zero-order valence-electron chi connectivity index (χ0n) is 9.84. The third-order valence-electron chi connectivity index (χ3n) is 2.75. The lowest BCUT2D eigenvalue weighted by atomic mass is 9.99. The van der Waals surface area contributed by atoms with Crippen LogP contribution < -0.4 is 5.32 Å². The average molecular weight is 227 g/mol. The Hall–Kier alpha value is -0.600. The molecule has 84 valence electrons. The second kappa shape index (κ2) is 4.95. The van der Waals surface area contributed by atoms with Gasteiger partial charge in [0, 0.05) is 23.3 Å². The maximum Gasteiger partial charge on any atom is 0.133 e. The number of pyridine rings is 1. The molecule has 0 fully saturated rings. The molecule has 3 heteroatoms. The van der Waals surface area contributed by atoms with Gasteiger partial charge >= 0.3 is 0 Å². The molecular weight excluding hydrogens is 208 g/mol. The first kappa shape index (κ1) is 12.5. The van der Waals surface area contributed by atoms with E-state index in [2.05, 4.69) is 38.0 Å². The fraction of sp³-hybridized carbons (Fsp3) is 0.583. The lowest BCUT2D eigenvalue weighted by Crippen LogP contribution is -2.40. The van der Waals surface area contributed by atoms with E-state index in [1.165, 1.54) is 0 Å². The predicted molar refractivity (Wildman–Crippen MR) is 65.2 cm³/mol. The predicted octanol–water partition coefficient (Wildman–Crippen LogP) is 3.57. The lowest BCUT2D eigenvalue weighted by Gasteiger charge is -2.29. The van der Waals surface area contributed by atoms with E-state index in [9.17, 15) is 0 Å². The van der Waals surface area contributed by atoms with Crippen molar-refractivity contribution in [2.75, 3.05) is 0 Å². The molecule has 0 aromatic carbocycles. The summed E-state index contributed by atoms with van der Waals surface area (Å²) in [6, 6.07) is 4.15. The van der Waals surface area contributed by atoms with E-state index in [4.69, 9.17) is 11.6 Å². The number of nitrogens with one attached hydrogen (secondary N) is 1. The maximum absolute atomic E-state index is 6.04. The van der Waals surface area contributed by atoms with Gasteiger partial charge in [0.2, 0.25) is 0 Å². The summed E-state index contributed by atoms with van der Waals surface area (Å²) in [6.45, 7) is 8.66. The summed E-state index contributed by atoms with van der Waals surface area (Å²) in [5, 5.41) is 4.13. The smallest absolute Gasteiger partial charge is 0.133 e. The summed E-state index contributed by atoms with van der Waals surface area (Å²) < 4.78 is 0. The van der Waals surface area contributed by atoms with E-state index < -0.39 is 0 Å². The first-order valence-corrected chi connectivity index (χ1v) is 5.72. The minimum absolute atomic E-state index is 0.124. The van der Waals surface area contributed by atoms with E-state index in [0.29, 0.717) is 5.15 Å². The van der Waals surface area contributed by atoms with Gasteiger partial charge in [0.1, 0.15) is 5.15 Å². The molecular formula is C12H19ClN2. The number of halogens is 1. The Bertz CT molecular complexity index is 323. The highest BCUT2D eigenvalue weighted by Crippen LogP contribution is 2.23. The van der Waals surface area contributed by atoms with Crippen molar-refractivity contribution in [3.05, 3.63) is 29.0 Å². The molecule has 0 radical (unpaired) electrons. The first-order chi connectivity index (χ1) is 6.96. The van der Waals surface area contributed by atoms with Crippen molar-refractivity contribution >= 4 is 11.6 Å². The Labute approximate surface area is 97.1 Å². The number of rotatable bonds is 4. The van der Waals surface area contributed by atoms with Crippen LogP contribution in [0.4, 0.5) is 0 Å². The van der Waals surface area contributed by atoms with Crippen LogP contribution in [0.1, 0.15) is 45.7 Å². The molecule has 0 aliphatic rings. The van der Waals surface area contributed by atoms with Crippen LogP contribution in [0.3, 0.4) is 0 Å². The molecule has 2 nitrogen and oxygen atoms in total. The Kier molecular flexibility index (Phi) is 4.12. The molecule has 0 spiro atoms. The van der Waals surface area contributed by atoms with Gasteiger partial charge in [-0.25, -0.2) is 4.98 Å². The Morgan fingerprint density at radius 1 is 1.53 bits per heavy atom. The summed E-state index contributed by atoms with van der Waals surface area (Å²) in [4.78, 5) is 4.08. The van der Waals surface area contributed by atoms with Crippen LogP contribution in [0.5, 0.6) is 0 Å². The number of hydrogen-bond donors (Lipinski definition) is 1. The van der Waals surface area contributed by atoms with Crippen LogP contribution in [-0.4, -0.2) is 10.5 Å². The standard InChI is InChI=1S/C12H19ClN2/c1-5-12(3,4)15-9(2)10-7-6-8-14-11(10)13/h6-9,15H,5H2,1-4H3. The fourth-order valence-corrected chi connectivity index (χ4v) is 1.77. The van der Waals surface area contributed by atoms with Gasteiger partial charge in [-0.2, -0.15) is 0 Å². The van der Waals surface area contributed by atoms with Crippen LogP contribution in [-0.2, 0) is 0 Å². The zero-order chi connectivity index (χ0) is 11.5. The monoisotopic (exact) mass is 226 g/mol. The highest BCUT2D eigenvalue weighted by molar-refractivity contribution is 6.30. The van der Waals surface area contributed by atoms with Gasteiger partial charge in [-0.05, 0) is 33.3 Å². The Balaban J connectivity index is 2.78. The summed E-state index contributed by atoms with van der Waals surface area (Å²) in [7, 11) is 0. The van der Waals surface area contributed by atoms with E-state index in [-0.39, 0.29) is 11.6 Å². The molecule has 1 N–H and O–H groups in total. The average Bonchev–Trinajstić information content (AvgIpc) is 2.17. The van der Waals surface area contributed by atoms with E-state index >= 15 is 0 Å². The molecule has 0 aliphatic heterocycles. The van der Waals surface area contributed by atoms with Crippen molar-refractivity contribution in [1.82, 2.24) is 10.3 Å². The molecule has 0 amide bonds. The minimum atomic E-state index is 0.124. The van der Waals surface area contributed by atoms with E-state index in [0.717, 1.165) is 12.0 Å². The minimum Gasteiger partial charge on any atom is -0.305 e. The topological polar surface area (TPSA) is 24.9 Å². The molecule has 15 heavy (non-hydrogen) atoms. The van der Waals surface area contributed by atoms with Crippen LogP contribution in [0, 0.1) is 0 Å². The van der Waals surface area contributed by atoms with E-state index in [1.807, 2.05) is 12.1 Å². The van der Waals surface area contributed by atoms with Crippen molar-refractivity contribution in [1.29, 1.82) is 0 Å². The highest BCUT2D eigenvalue weighted by atomic mass is 35.5. The summed E-state index contributed by atoms with van der Waals surface area (Å²) in [6.07, 6.45) is 2.79. The van der Waals surface area contributed by atoms with Crippen molar-refractivity contribution in [3.63, 3.8) is 0 Å². The molecule has 0 saturated carbocycles. The quantitative estimate of drug-likeness (QED) is 0.794. The van der Waals surface area contributed by atoms with Gasteiger partial charge < -0.3 is 5.32 Å². The van der Waals surface area contributed by atoms with Crippen LogP contribution >= 0.6 is 11.6 Å². The van der Waals surface area contributed by atoms with Gasteiger partial charge in [0.15, 0.2) is 0 Å². The van der Waals surface area contributed by atoms with Crippen molar-refractivity contribution in [2.24, 2.45) is 0 Å². The summed E-state index contributed by atoms with van der Waals surface area (Å²) in [5.41, 5.74) is 1.18. The van der Waals surface area contributed by atoms with Gasteiger partial charge in [-0.1, -0.05) is 24.6 Å². The number of nitrogens with zero attached hydrogens (tertiary/aromatic N) is 1. The van der Waals surface area contributed by atoms with Crippen LogP contribution in [0.2, 0.25) is 5.15 Å². The highest BCUT2D eigenvalue weighted by Gasteiger charge is 2.19. The molecule has 1 aromatic heterocycles. The van der Waals surface area contributed by atoms with Crippen molar-refractivity contribution < 1.29 is 0 Å². The zero-order valence-corrected chi connectivity index (χ0v) is 10.6. The molecule has 1 unspecified atom stereocenters. The third-order valence-corrected chi connectivity index (χ3v) is 3.06. The van der Waals surface area contributed by atoms with Crippen LogP contribution in [0.25, 0.3) is 0 Å². The van der Waals surface area contributed by atoms with Crippen LogP contribution in [0.15, 0.2) is 18.3 Å². The summed E-state index contributed by atoms with van der Waals surface area (Å²) in [5.74, 6) is 0.